The number of nitrogens with zero attached hydrogens (tertiary/aromatic N) is 1. The molecule has 0 aromatic heterocycles. The van der Waals surface area contributed by atoms with Crippen LogP contribution < -0.4 is 0 Å². The second kappa shape index (κ2) is 10.3. The van der Waals surface area contributed by atoms with E-state index in [9.17, 15) is 92.2 Å². The van der Waals surface area contributed by atoms with Gasteiger partial charge in [0.15, 0.2) is 0 Å². The van der Waals surface area contributed by atoms with Crippen molar-refractivity contribution in [1.82, 2.24) is 4.90 Å². The van der Waals surface area contributed by atoms with Gasteiger partial charge in [0.25, 0.3) is 0 Å². The summed E-state index contributed by atoms with van der Waals surface area (Å²) in [6.07, 6.45) is -10.2. The Labute approximate surface area is 214 Å². The zero-order chi connectivity index (χ0) is 33.1. The van der Waals surface area contributed by atoms with Gasteiger partial charge >= 0.3 is 59.5 Å². The summed E-state index contributed by atoms with van der Waals surface area (Å²) >= 11 is 0. The molecular formula is C18H14F21NO. The molecule has 1 heterocycles. The summed E-state index contributed by atoms with van der Waals surface area (Å²) in [7, 11) is 0. The Bertz CT molecular complexity index is 960. The highest BCUT2D eigenvalue weighted by molar-refractivity contribution is 5.19. The quantitative estimate of drug-likeness (QED) is 0.209. The second-order valence-corrected chi connectivity index (χ2v) is 8.60. The van der Waals surface area contributed by atoms with Crippen molar-refractivity contribution in [3.05, 3.63) is 11.8 Å². The SMILES string of the molecule is C/C(=C\N1CCOCC1)CC(F)(F)C(F)(F)C(F)(F)C(F)(F)C(F)(F)C(F)(F)C(F)(F)C(F)(F)C(F)(F)C(F)(F)F. The first kappa shape index (κ1) is 37.1. The third-order valence-electron chi connectivity index (χ3n) is 5.53. The van der Waals surface area contributed by atoms with Gasteiger partial charge < -0.3 is 9.64 Å². The predicted molar refractivity (Wildman–Crippen MR) is 91.3 cm³/mol. The maximum atomic E-state index is 14.1. The van der Waals surface area contributed by atoms with Crippen molar-refractivity contribution >= 4 is 0 Å². The number of morpholine rings is 1. The van der Waals surface area contributed by atoms with Gasteiger partial charge in [-0.15, -0.1) is 0 Å². The molecule has 0 radical (unpaired) electrons. The highest BCUT2D eigenvalue weighted by atomic mass is 19.4. The molecule has 2 nitrogen and oxygen atoms in total. The van der Waals surface area contributed by atoms with E-state index in [1.165, 1.54) is 0 Å². The van der Waals surface area contributed by atoms with Gasteiger partial charge in [-0.3, -0.25) is 0 Å². The average molecular weight is 659 g/mol. The largest absolute Gasteiger partial charge is 0.460 e. The minimum absolute atomic E-state index is 0.0947. The molecule has 1 fully saturated rings. The fourth-order valence-electron chi connectivity index (χ4n) is 3.12. The van der Waals surface area contributed by atoms with E-state index in [0.29, 0.717) is 13.1 Å². The molecule has 0 aliphatic carbocycles. The summed E-state index contributed by atoms with van der Waals surface area (Å²) in [5.41, 5.74) is -1.08. The number of rotatable bonds is 11. The second-order valence-electron chi connectivity index (χ2n) is 8.60. The first-order chi connectivity index (χ1) is 17.7. The summed E-state index contributed by atoms with van der Waals surface area (Å²) in [4.78, 5) is 1.02. The van der Waals surface area contributed by atoms with Gasteiger partial charge in [-0.1, -0.05) is 5.57 Å². The van der Waals surface area contributed by atoms with Crippen LogP contribution in [0.15, 0.2) is 11.8 Å². The lowest BCUT2D eigenvalue weighted by atomic mass is 9.85. The molecule has 0 N–H and O–H groups in total. The lowest BCUT2D eigenvalue weighted by Gasteiger charge is -2.44. The van der Waals surface area contributed by atoms with Gasteiger partial charge in [0.05, 0.1) is 13.2 Å². The molecule has 0 saturated carbocycles. The molecule has 0 aromatic carbocycles. The van der Waals surface area contributed by atoms with Crippen molar-refractivity contribution in [2.24, 2.45) is 0 Å². The molecule has 0 unspecified atom stereocenters. The van der Waals surface area contributed by atoms with Gasteiger partial charge in [0.1, 0.15) is 0 Å². The van der Waals surface area contributed by atoms with Crippen LogP contribution in [0.2, 0.25) is 0 Å². The van der Waals surface area contributed by atoms with Crippen LogP contribution in [0.3, 0.4) is 0 Å². The molecule has 1 aliphatic rings. The van der Waals surface area contributed by atoms with Crippen molar-refractivity contribution in [2.75, 3.05) is 26.3 Å². The van der Waals surface area contributed by atoms with E-state index in [1.54, 1.807) is 0 Å². The van der Waals surface area contributed by atoms with Crippen molar-refractivity contribution in [2.45, 2.75) is 72.8 Å². The zero-order valence-electron chi connectivity index (χ0n) is 19.4. The number of alkyl halides is 21. The maximum absolute atomic E-state index is 14.1. The van der Waals surface area contributed by atoms with Crippen LogP contribution in [0.25, 0.3) is 0 Å². The number of hydrogen-bond acceptors (Lipinski definition) is 2. The molecule has 23 heteroatoms. The number of halogens is 21. The molecular weight excluding hydrogens is 645 g/mol. The Hall–Kier alpha value is -1.97. The van der Waals surface area contributed by atoms with E-state index < -0.39 is 71.5 Å². The minimum atomic E-state index is -9.16. The van der Waals surface area contributed by atoms with E-state index >= 15 is 0 Å². The van der Waals surface area contributed by atoms with E-state index in [0.717, 1.165) is 4.90 Å². The molecule has 41 heavy (non-hydrogen) atoms. The van der Waals surface area contributed by atoms with Gasteiger partial charge in [-0.05, 0) is 13.1 Å². The van der Waals surface area contributed by atoms with E-state index in [1.807, 2.05) is 0 Å². The normalized spacial score (nSPS) is 18.7. The Morgan fingerprint density at radius 2 is 0.805 bits per heavy atom. The smallest absolute Gasteiger partial charge is 0.378 e. The van der Waals surface area contributed by atoms with Crippen molar-refractivity contribution < 1.29 is 96.9 Å². The molecule has 1 aliphatic heterocycles. The zero-order valence-corrected chi connectivity index (χ0v) is 19.4. The van der Waals surface area contributed by atoms with E-state index in [2.05, 4.69) is 0 Å². The Kier molecular flexibility index (Phi) is 9.34. The van der Waals surface area contributed by atoms with Gasteiger partial charge in [0.2, 0.25) is 0 Å². The Morgan fingerprint density at radius 1 is 0.512 bits per heavy atom. The molecule has 0 atom stereocenters. The monoisotopic (exact) mass is 659 g/mol. The molecule has 244 valence electrons. The molecule has 0 bridgehead atoms. The van der Waals surface area contributed by atoms with Crippen molar-refractivity contribution in [1.29, 1.82) is 0 Å². The van der Waals surface area contributed by atoms with Crippen LogP contribution in [0, 0.1) is 0 Å². The number of ether oxygens (including phenoxy) is 1. The molecule has 1 saturated heterocycles. The molecule has 1 rings (SSSR count). The topological polar surface area (TPSA) is 12.5 Å². The summed E-state index contributed by atoms with van der Waals surface area (Å²) in [6.45, 7) is 0.00903. The standard InChI is InChI=1S/C18H14F21NO/c1-8(7-40-2-4-41-5-3-40)6-9(19,20)10(21,22)11(23,24)12(25,26)13(27,28)14(29,30)15(31,32)16(33,34)17(35,36)18(37,38)39/h7H,2-6H2,1H3/b8-7+. The Balaban J connectivity index is 3.61. The van der Waals surface area contributed by atoms with E-state index in [4.69, 9.17) is 4.74 Å². The van der Waals surface area contributed by atoms with Crippen molar-refractivity contribution in [3.8, 4) is 0 Å². The van der Waals surface area contributed by atoms with Crippen LogP contribution in [0.1, 0.15) is 13.3 Å². The molecule has 0 spiro atoms. The first-order valence-corrected chi connectivity index (χ1v) is 10.2. The highest BCUT2D eigenvalue weighted by Crippen LogP contribution is 2.66. The molecule has 0 aromatic rings. The lowest BCUT2D eigenvalue weighted by Crippen LogP contribution is -2.76. The minimum Gasteiger partial charge on any atom is -0.378 e. The van der Waals surface area contributed by atoms with Gasteiger partial charge in [-0.25, -0.2) is 0 Å². The Morgan fingerprint density at radius 3 is 1.12 bits per heavy atom. The maximum Gasteiger partial charge on any atom is 0.460 e. The fourth-order valence-corrected chi connectivity index (χ4v) is 3.12. The lowest BCUT2D eigenvalue weighted by molar-refractivity contribution is -0.474. The van der Waals surface area contributed by atoms with Crippen LogP contribution in [-0.4, -0.2) is 90.7 Å². The summed E-state index contributed by atoms with van der Waals surface area (Å²) in [6, 6.07) is 0. The van der Waals surface area contributed by atoms with Gasteiger partial charge in [-0.2, -0.15) is 92.2 Å². The highest BCUT2D eigenvalue weighted by Gasteiger charge is 2.97. The summed E-state index contributed by atoms with van der Waals surface area (Å²) < 4.78 is 286. The van der Waals surface area contributed by atoms with Crippen LogP contribution in [0.5, 0.6) is 0 Å². The third-order valence-corrected chi connectivity index (χ3v) is 5.53. The first-order valence-electron chi connectivity index (χ1n) is 10.2. The number of hydrogen-bond donors (Lipinski definition) is 0. The summed E-state index contributed by atoms with van der Waals surface area (Å²) in [5, 5.41) is 0. The van der Waals surface area contributed by atoms with E-state index in [-0.39, 0.29) is 26.3 Å². The number of allylic oxidation sites excluding steroid dienone is 1. The predicted octanol–water partition coefficient (Wildman–Crippen LogP) is 7.89. The van der Waals surface area contributed by atoms with Crippen molar-refractivity contribution in [3.63, 3.8) is 0 Å². The van der Waals surface area contributed by atoms with Crippen LogP contribution in [0.4, 0.5) is 92.2 Å². The third kappa shape index (κ3) is 5.35. The fraction of sp³-hybridized carbons (Fsp3) is 0.889. The molecule has 0 amide bonds. The summed E-state index contributed by atoms with van der Waals surface area (Å²) in [5.74, 6) is -76.8. The van der Waals surface area contributed by atoms with Crippen LogP contribution >= 0.6 is 0 Å². The van der Waals surface area contributed by atoms with Crippen LogP contribution in [-0.2, 0) is 4.74 Å². The average Bonchev–Trinajstić information content (AvgIpc) is 2.77. The van der Waals surface area contributed by atoms with Gasteiger partial charge in [0, 0.05) is 19.5 Å².